The topological polar surface area (TPSA) is 20.3 Å². The number of allylic oxidation sites excluding steroid dienone is 2. The fourth-order valence-corrected chi connectivity index (χ4v) is 3.79. The lowest BCUT2D eigenvalue weighted by Crippen LogP contribution is -2.38. The van der Waals surface area contributed by atoms with E-state index < -0.39 is 0 Å². The van der Waals surface area contributed by atoms with Gasteiger partial charge in [-0.15, -0.1) is 0 Å². The molecule has 1 aromatic carbocycles. The minimum atomic E-state index is 0.0721. The lowest BCUT2D eigenvalue weighted by atomic mass is 9.92. The number of amides is 1. The summed E-state index contributed by atoms with van der Waals surface area (Å²) in [4.78, 5) is 14.6. The predicted molar refractivity (Wildman–Crippen MR) is 85.5 cm³/mol. The lowest BCUT2D eigenvalue weighted by molar-refractivity contribution is -0.135. The molecule has 0 N–H and O–H groups in total. The van der Waals surface area contributed by atoms with Crippen LogP contribution >= 0.6 is 0 Å². The molecule has 1 aromatic rings. The van der Waals surface area contributed by atoms with E-state index in [9.17, 15) is 4.79 Å². The number of carbonyl (C=O) groups is 1. The van der Waals surface area contributed by atoms with Gasteiger partial charge in [0.15, 0.2) is 0 Å². The molecule has 1 fully saturated rings. The molecular weight excluding hydrogens is 258 g/mol. The molecule has 2 bridgehead atoms. The molecule has 112 valence electrons. The van der Waals surface area contributed by atoms with E-state index in [4.69, 9.17) is 0 Å². The summed E-state index contributed by atoms with van der Waals surface area (Å²) in [5.41, 5.74) is 1.23. The van der Waals surface area contributed by atoms with Crippen LogP contribution < -0.4 is 0 Å². The molecule has 1 amide bonds. The first kappa shape index (κ1) is 14.4. The molecule has 0 saturated heterocycles. The predicted octanol–water partition coefficient (Wildman–Crippen LogP) is 3.88. The zero-order valence-electron chi connectivity index (χ0n) is 13.0. The number of hydrogen-bond acceptors (Lipinski definition) is 1. The van der Waals surface area contributed by atoms with Crippen LogP contribution in [0.25, 0.3) is 0 Å². The summed E-state index contributed by atoms with van der Waals surface area (Å²) in [5, 5.41) is 0. The van der Waals surface area contributed by atoms with Crippen LogP contribution in [0.15, 0.2) is 42.5 Å². The van der Waals surface area contributed by atoms with Crippen LogP contribution in [0.2, 0.25) is 0 Å². The van der Waals surface area contributed by atoms with Crippen LogP contribution in [0.1, 0.15) is 32.3 Å². The molecule has 0 aromatic heterocycles. The highest BCUT2D eigenvalue weighted by molar-refractivity contribution is 5.78. The van der Waals surface area contributed by atoms with Crippen molar-refractivity contribution in [1.29, 1.82) is 0 Å². The molecule has 3 atom stereocenters. The van der Waals surface area contributed by atoms with Gasteiger partial charge in [-0.05, 0) is 36.2 Å². The summed E-state index contributed by atoms with van der Waals surface area (Å²) in [6.45, 7) is 5.66. The van der Waals surface area contributed by atoms with Crippen LogP contribution in [-0.2, 0) is 11.3 Å². The first-order valence-corrected chi connectivity index (χ1v) is 8.14. The van der Waals surface area contributed by atoms with Gasteiger partial charge in [0.2, 0.25) is 5.91 Å². The number of hydrogen-bond donors (Lipinski definition) is 0. The van der Waals surface area contributed by atoms with Gasteiger partial charge < -0.3 is 4.90 Å². The van der Waals surface area contributed by atoms with E-state index in [0.717, 1.165) is 19.0 Å². The number of carbonyl (C=O) groups excluding carboxylic acids is 1. The normalized spacial score (nSPS) is 26.5. The van der Waals surface area contributed by atoms with E-state index in [1.54, 1.807) is 0 Å². The van der Waals surface area contributed by atoms with Gasteiger partial charge in [0.05, 0.1) is 0 Å². The molecule has 2 aliphatic rings. The largest absolute Gasteiger partial charge is 0.338 e. The van der Waals surface area contributed by atoms with Crippen molar-refractivity contribution in [2.45, 2.75) is 33.2 Å². The van der Waals surface area contributed by atoms with Crippen molar-refractivity contribution in [3.05, 3.63) is 48.0 Å². The van der Waals surface area contributed by atoms with Gasteiger partial charge in [-0.2, -0.15) is 0 Å². The Bertz CT molecular complexity index is 520. The Hall–Kier alpha value is -1.57. The average molecular weight is 283 g/mol. The first-order chi connectivity index (χ1) is 10.1. The molecule has 2 nitrogen and oxygen atoms in total. The molecule has 1 saturated carbocycles. The third kappa shape index (κ3) is 3.20. The monoisotopic (exact) mass is 283 g/mol. The minimum Gasteiger partial charge on any atom is -0.338 e. The standard InChI is InChI=1S/C19H25NO/c1-14(2)19(21)20(12-15-6-4-3-5-7-15)13-18-11-16-8-9-17(18)10-16/h3-9,14,16-18H,10-13H2,1-2H3. The van der Waals surface area contributed by atoms with E-state index in [1.807, 2.05) is 32.0 Å². The molecule has 21 heavy (non-hydrogen) atoms. The Kier molecular flexibility index (Phi) is 4.14. The van der Waals surface area contributed by atoms with Crippen molar-refractivity contribution in [3.8, 4) is 0 Å². The molecule has 0 radical (unpaired) electrons. The van der Waals surface area contributed by atoms with Gasteiger partial charge in [-0.25, -0.2) is 0 Å². The molecule has 0 aliphatic heterocycles. The highest BCUT2D eigenvalue weighted by Gasteiger charge is 2.37. The molecule has 0 spiro atoms. The Morgan fingerprint density at radius 1 is 1.19 bits per heavy atom. The highest BCUT2D eigenvalue weighted by Crippen LogP contribution is 2.43. The average Bonchev–Trinajstić information content (AvgIpc) is 3.09. The van der Waals surface area contributed by atoms with Gasteiger partial charge >= 0.3 is 0 Å². The Morgan fingerprint density at radius 2 is 1.95 bits per heavy atom. The summed E-state index contributed by atoms with van der Waals surface area (Å²) in [6, 6.07) is 10.3. The maximum atomic E-state index is 12.5. The first-order valence-electron chi connectivity index (χ1n) is 8.14. The van der Waals surface area contributed by atoms with Crippen LogP contribution in [0.5, 0.6) is 0 Å². The van der Waals surface area contributed by atoms with E-state index in [0.29, 0.717) is 11.8 Å². The van der Waals surface area contributed by atoms with Crippen LogP contribution in [-0.4, -0.2) is 17.4 Å². The second kappa shape index (κ2) is 6.05. The Morgan fingerprint density at radius 3 is 2.52 bits per heavy atom. The van der Waals surface area contributed by atoms with Gasteiger partial charge in [0, 0.05) is 19.0 Å². The maximum absolute atomic E-state index is 12.5. The molecule has 0 heterocycles. The van der Waals surface area contributed by atoms with E-state index in [1.165, 1.54) is 18.4 Å². The van der Waals surface area contributed by atoms with E-state index >= 15 is 0 Å². The summed E-state index contributed by atoms with van der Waals surface area (Å²) in [6.07, 6.45) is 7.31. The second-order valence-electron chi connectivity index (χ2n) is 6.90. The van der Waals surface area contributed by atoms with Crippen molar-refractivity contribution < 1.29 is 4.79 Å². The number of rotatable bonds is 5. The SMILES string of the molecule is CC(C)C(=O)N(Cc1ccccc1)CC1CC2C=CC1C2. The fourth-order valence-electron chi connectivity index (χ4n) is 3.79. The Labute approximate surface area is 127 Å². The summed E-state index contributed by atoms with van der Waals surface area (Å²) in [5.74, 6) is 2.49. The second-order valence-corrected chi connectivity index (χ2v) is 6.90. The van der Waals surface area contributed by atoms with E-state index in [2.05, 4.69) is 29.2 Å². The molecule has 3 unspecified atom stereocenters. The molecular formula is C19H25NO. The summed E-state index contributed by atoms with van der Waals surface area (Å²) >= 11 is 0. The molecule has 2 aliphatic carbocycles. The van der Waals surface area contributed by atoms with Crippen LogP contribution in [0, 0.1) is 23.7 Å². The molecule has 2 heteroatoms. The number of nitrogens with zero attached hydrogens (tertiary/aromatic N) is 1. The zero-order valence-corrected chi connectivity index (χ0v) is 13.0. The highest BCUT2D eigenvalue weighted by atomic mass is 16.2. The van der Waals surface area contributed by atoms with Crippen molar-refractivity contribution in [2.75, 3.05) is 6.54 Å². The van der Waals surface area contributed by atoms with Gasteiger partial charge in [-0.3, -0.25) is 4.79 Å². The quantitative estimate of drug-likeness (QED) is 0.751. The number of fused-ring (bicyclic) bond motifs is 2. The Balaban J connectivity index is 1.70. The smallest absolute Gasteiger partial charge is 0.225 e. The lowest BCUT2D eigenvalue weighted by Gasteiger charge is -2.30. The number of benzene rings is 1. The third-order valence-electron chi connectivity index (χ3n) is 4.89. The van der Waals surface area contributed by atoms with Gasteiger partial charge in [0.1, 0.15) is 0 Å². The summed E-state index contributed by atoms with van der Waals surface area (Å²) in [7, 11) is 0. The zero-order chi connectivity index (χ0) is 14.8. The van der Waals surface area contributed by atoms with Crippen molar-refractivity contribution >= 4 is 5.91 Å². The maximum Gasteiger partial charge on any atom is 0.225 e. The van der Waals surface area contributed by atoms with Crippen molar-refractivity contribution in [3.63, 3.8) is 0 Å². The molecule has 3 rings (SSSR count). The van der Waals surface area contributed by atoms with E-state index in [-0.39, 0.29) is 11.8 Å². The van der Waals surface area contributed by atoms with Gasteiger partial charge in [0.25, 0.3) is 0 Å². The van der Waals surface area contributed by atoms with Crippen molar-refractivity contribution in [2.24, 2.45) is 23.7 Å². The van der Waals surface area contributed by atoms with Crippen molar-refractivity contribution in [1.82, 2.24) is 4.90 Å². The van der Waals surface area contributed by atoms with Crippen LogP contribution in [0.3, 0.4) is 0 Å². The van der Waals surface area contributed by atoms with Gasteiger partial charge in [-0.1, -0.05) is 56.3 Å². The summed E-state index contributed by atoms with van der Waals surface area (Å²) < 4.78 is 0. The minimum absolute atomic E-state index is 0.0721. The van der Waals surface area contributed by atoms with Crippen LogP contribution in [0.4, 0.5) is 0 Å². The fraction of sp³-hybridized carbons (Fsp3) is 0.526. The third-order valence-corrected chi connectivity index (χ3v) is 4.89.